The SMILES string of the molecule is CC(C)CCNC(=O)c1cccc([C@H]2CCCN(C(=O)Nc3ccccc3)C2)c1. The molecule has 0 spiro atoms. The molecule has 1 atom stereocenters. The minimum absolute atomic E-state index is 0.0259. The third kappa shape index (κ3) is 6.08. The molecule has 0 unspecified atom stereocenters. The van der Waals surface area contributed by atoms with E-state index in [2.05, 4.69) is 30.5 Å². The monoisotopic (exact) mass is 393 g/mol. The Labute approximate surface area is 173 Å². The van der Waals surface area contributed by atoms with Crippen LogP contribution < -0.4 is 10.6 Å². The lowest BCUT2D eigenvalue weighted by atomic mass is 9.89. The van der Waals surface area contributed by atoms with Crippen LogP contribution in [0.2, 0.25) is 0 Å². The predicted molar refractivity (Wildman–Crippen MR) is 117 cm³/mol. The highest BCUT2D eigenvalue weighted by Crippen LogP contribution is 2.28. The number of amides is 3. The molecule has 1 aliphatic heterocycles. The van der Waals surface area contributed by atoms with Crippen LogP contribution in [0.5, 0.6) is 0 Å². The Morgan fingerprint density at radius 1 is 1.10 bits per heavy atom. The van der Waals surface area contributed by atoms with Gasteiger partial charge in [-0.3, -0.25) is 4.79 Å². The summed E-state index contributed by atoms with van der Waals surface area (Å²) in [7, 11) is 0. The number of anilines is 1. The number of carbonyl (C=O) groups is 2. The molecule has 0 bridgehead atoms. The maximum Gasteiger partial charge on any atom is 0.321 e. The van der Waals surface area contributed by atoms with E-state index in [1.807, 2.05) is 53.4 Å². The minimum Gasteiger partial charge on any atom is -0.352 e. The van der Waals surface area contributed by atoms with Gasteiger partial charge in [0.25, 0.3) is 5.91 Å². The highest BCUT2D eigenvalue weighted by Gasteiger charge is 2.25. The van der Waals surface area contributed by atoms with Crippen molar-refractivity contribution >= 4 is 17.6 Å². The Hall–Kier alpha value is -2.82. The predicted octanol–water partition coefficient (Wildman–Crippen LogP) is 4.87. The Balaban J connectivity index is 1.61. The summed E-state index contributed by atoms with van der Waals surface area (Å²) in [6.45, 7) is 6.41. The molecule has 5 nitrogen and oxygen atoms in total. The molecule has 1 heterocycles. The molecule has 3 amide bonds. The zero-order valence-corrected chi connectivity index (χ0v) is 17.4. The van der Waals surface area contributed by atoms with Crippen LogP contribution in [0.15, 0.2) is 54.6 Å². The van der Waals surface area contributed by atoms with Crippen LogP contribution in [0.3, 0.4) is 0 Å². The molecule has 1 saturated heterocycles. The van der Waals surface area contributed by atoms with Crippen molar-refractivity contribution in [2.24, 2.45) is 5.92 Å². The molecular formula is C24H31N3O2. The van der Waals surface area contributed by atoms with E-state index in [4.69, 9.17) is 0 Å². The number of urea groups is 1. The first kappa shape index (κ1) is 20.9. The third-order valence-electron chi connectivity index (χ3n) is 5.36. The number of nitrogens with zero attached hydrogens (tertiary/aromatic N) is 1. The zero-order valence-electron chi connectivity index (χ0n) is 17.4. The Morgan fingerprint density at radius 2 is 1.90 bits per heavy atom. The molecule has 1 fully saturated rings. The van der Waals surface area contributed by atoms with Crippen molar-refractivity contribution < 1.29 is 9.59 Å². The van der Waals surface area contributed by atoms with E-state index in [-0.39, 0.29) is 17.9 Å². The summed E-state index contributed by atoms with van der Waals surface area (Å²) in [6, 6.07) is 17.3. The standard InChI is InChI=1S/C24H31N3O2/c1-18(2)13-14-25-23(28)20-9-6-8-19(16-20)21-10-7-15-27(17-21)24(29)26-22-11-4-3-5-12-22/h3-6,8-9,11-12,16,18,21H,7,10,13-15,17H2,1-2H3,(H,25,28)(H,26,29)/t21-/m0/s1. The van der Waals surface area contributed by atoms with Gasteiger partial charge < -0.3 is 15.5 Å². The number of carbonyl (C=O) groups excluding carboxylic acids is 2. The van der Waals surface area contributed by atoms with E-state index in [0.29, 0.717) is 24.6 Å². The second-order valence-electron chi connectivity index (χ2n) is 8.15. The van der Waals surface area contributed by atoms with Gasteiger partial charge in [-0.15, -0.1) is 0 Å². The maximum absolute atomic E-state index is 12.6. The van der Waals surface area contributed by atoms with Crippen LogP contribution in [0.25, 0.3) is 0 Å². The van der Waals surface area contributed by atoms with Crippen LogP contribution in [0, 0.1) is 5.92 Å². The lowest BCUT2D eigenvalue weighted by molar-refractivity contribution is 0.0951. The summed E-state index contributed by atoms with van der Waals surface area (Å²) in [4.78, 5) is 27.0. The zero-order chi connectivity index (χ0) is 20.6. The number of likely N-dealkylation sites (tertiary alicyclic amines) is 1. The van der Waals surface area contributed by atoms with Gasteiger partial charge in [0.2, 0.25) is 0 Å². The summed E-state index contributed by atoms with van der Waals surface area (Å²) in [6.07, 6.45) is 2.95. The summed E-state index contributed by atoms with van der Waals surface area (Å²) in [5.74, 6) is 0.785. The number of hydrogen-bond acceptors (Lipinski definition) is 2. The van der Waals surface area contributed by atoms with E-state index in [9.17, 15) is 9.59 Å². The van der Waals surface area contributed by atoms with Gasteiger partial charge in [0.1, 0.15) is 0 Å². The number of piperidine rings is 1. The molecule has 0 radical (unpaired) electrons. The molecule has 0 saturated carbocycles. The average molecular weight is 394 g/mol. The van der Waals surface area contributed by atoms with Crippen molar-refractivity contribution in [2.75, 3.05) is 25.0 Å². The summed E-state index contributed by atoms with van der Waals surface area (Å²) in [5.41, 5.74) is 2.62. The minimum atomic E-state index is -0.0662. The fourth-order valence-electron chi connectivity index (χ4n) is 3.67. The molecule has 0 aliphatic carbocycles. The Kier molecular flexibility index (Phi) is 7.28. The van der Waals surface area contributed by atoms with Crippen molar-refractivity contribution in [3.05, 3.63) is 65.7 Å². The van der Waals surface area contributed by atoms with Crippen molar-refractivity contribution in [3.63, 3.8) is 0 Å². The van der Waals surface area contributed by atoms with Gasteiger partial charge in [-0.05, 0) is 55.0 Å². The summed E-state index contributed by atoms with van der Waals surface area (Å²) < 4.78 is 0. The molecule has 2 aromatic carbocycles. The fourth-order valence-corrected chi connectivity index (χ4v) is 3.67. The number of rotatable bonds is 6. The van der Waals surface area contributed by atoms with Gasteiger partial charge in [-0.2, -0.15) is 0 Å². The van der Waals surface area contributed by atoms with Gasteiger partial charge in [-0.25, -0.2) is 4.79 Å². The van der Waals surface area contributed by atoms with E-state index < -0.39 is 0 Å². The number of para-hydroxylation sites is 1. The summed E-state index contributed by atoms with van der Waals surface area (Å²) in [5, 5.41) is 5.97. The molecule has 2 aromatic rings. The first-order valence-corrected chi connectivity index (χ1v) is 10.5. The van der Waals surface area contributed by atoms with Crippen LogP contribution in [0.1, 0.15) is 54.9 Å². The van der Waals surface area contributed by atoms with E-state index in [1.54, 1.807) is 0 Å². The van der Waals surface area contributed by atoms with Gasteiger partial charge in [0.05, 0.1) is 0 Å². The van der Waals surface area contributed by atoms with Crippen LogP contribution in [0.4, 0.5) is 10.5 Å². The fraction of sp³-hybridized carbons (Fsp3) is 0.417. The molecule has 29 heavy (non-hydrogen) atoms. The highest BCUT2D eigenvalue weighted by atomic mass is 16.2. The number of hydrogen-bond donors (Lipinski definition) is 2. The first-order chi connectivity index (χ1) is 14.0. The molecule has 1 aliphatic rings. The normalized spacial score (nSPS) is 16.5. The lowest BCUT2D eigenvalue weighted by Gasteiger charge is -2.33. The molecule has 5 heteroatoms. The van der Waals surface area contributed by atoms with Crippen molar-refractivity contribution in [1.82, 2.24) is 10.2 Å². The van der Waals surface area contributed by atoms with E-state index >= 15 is 0 Å². The van der Waals surface area contributed by atoms with E-state index in [0.717, 1.165) is 37.1 Å². The first-order valence-electron chi connectivity index (χ1n) is 10.5. The van der Waals surface area contributed by atoms with Crippen molar-refractivity contribution in [1.29, 1.82) is 0 Å². The van der Waals surface area contributed by atoms with Crippen molar-refractivity contribution in [2.45, 2.75) is 39.0 Å². The summed E-state index contributed by atoms with van der Waals surface area (Å²) >= 11 is 0. The second kappa shape index (κ2) is 10.1. The molecule has 3 rings (SSSR count). The Bertz CT molecular complexity index is 820. The van der Waals surface area contributed by atoms with Gasteiger partial charge in [-0.1, -0.05) is 44.2 Å². The lowest BCUT2D eigenvalue weighted by Crippen LogP contribution is -2.41. The van der Waals surface area contributed by atoms with Gasteiger partial charge in [0, 0.05) is 36.8 Å². The highest BCUT2D eigenvalue weighted by molar-refractivity contribution is 5.94. The Morgan fingerprint density at radius 3 is 2.66 bits per heavy atom. The van der Waals surface area contributed by atoms with Crippen LogP contribution >= 0.6 is 0 Å². The van der Waals surface area contributed by atoms with Gasteiger partial charge >= 0.3 is 6.03 Å². The maximum atomic E-state index is 12.6. The van der Waals surface area contributed by atoms with E-state index in [1.165, 1.54) is 0 Å². The number of nitrogens with one attached hydrogen (secondary N) is 2. The van der Waals surface area contributed by atoms with Crippen LogP contribution in [-0.4, -0.2) is 36.5 Å². The van der Waals surface area contributed by atoms with Gasteiger partial charge in [0.15, 0.2) is 0 Å². The molecular weight excluding hydrogens is 362 g/mol. The molecule has 0 aromatic heterocycles. The number of benzene rings is 2. The largest absolute Gasteiger partial charge is 0.352 e. The second-order valence-corrected chi connectivity index (χ2v) is 8.15. The third-order valence-corrected chi connectivity index (χ3v) is 5.36. The van der Waals surface area contributed by atoms with Crippen molar-refractivity contribution in [3.8, 4) is 0 Å². The molecule has 2 N–H and O–H groups in total. The quantitative estimate of drug-likeness (QED) is 0.735. The smallest absolute Gasteiger partial charge is 0.321 e. The topological polar surface area (TPSA) is 61.4 Å². The van der Waals surface area contributed by atoms with Crippen LogP contribution in [-0.2, 0) is 0 Å². The molecule has 154 valence electrons. The average Bonchev–Trinajstić information content (AvgIpc) is 2.74.